The van der Waals surface area contributed by atoms with Crippen LogP contribution in [0.1, 0.15) is 32.6 Å². The van der Waals surface area contributed by atoms with Crippen LogP contribution in [0.15, 0.2) is 0 Å². The molecule has 14 heavy (non-hydrogen) atoms. The van der Waals surface area contributed by atoms with E-state index < -0.39 is 0 Å². The van der Waals surface area contributed by atoms with E-state index in [2.05, 4.69) is 12.2 Å². The summed E-state index contributed by atoms with van der Waals surface area (Å²) in [6.45, 7) is 4.97. The molecule has 1 rings (SSSR count). The number of hydrogen-bond acceptors (Lipinski definition) is 3. The van der Waals surface area contributed by atoms with Crippen molar-refractivity contribution in [1.82, 2.24) is 5.32 Å². The van der Waals surface area contributed by atoms with Crippen LogP contribution in [0.5, 0.6) is 0 Å². The molecule has 2 atom stereocenters. The summed E-state index contributed by atoms with van der Waals surface area (Å²) in [6.07, 6.45) is 5.03. The van der Waals surface area contributed by atoms with Gasteiger partial charge < -0.3 is 10.4 Å². The second-order valence-corrected chi connectivity index (χ2v) is 5.74. The van der Waals surface area contributed by atoms with Gasteiger partial charge in [0.15, 0.2) is 0 Å². The normalized spacial score (nSPS) is 24.9. The smallest absolute Gasteiger partial charge is 0.0441 e. The van der Waals surface area contributed by atoms with Crippen LogP contribution >= 0.6 is 11.8 Å². The predicted octanol–water partition coefficient (Wildman–Crippen LogP) is 1.88. The van der Waals surface area contributed by atoms with E-state index in [-0.39, 0.29) is 0 Å². The van der Waals surface area contributed by atoms with Crippen LogP contribution < -0.4 is 5.32 Å². The van der Waals surface area contributed by atoms with Crippen molar-refractivity contribution in [1.29, 1.82) is 0 Å². The molecule has 0 spiro atoms. The van der Waals surface area contributed by atoms with E-state index in [0.29, 0.717) is 11.9 Å². The van der Waals surface area contributed by atoms with Gasteiger partial charge in [-0.2, -0.15) is 11.8 Å². The van der Waals surface area contributed by atoms with E-state index in [4.69, 9.17) is 5.11 Å². The van der Waals surface area contributed by atoms with Crippen molar-refractivity contribution in [2.24, 2.45) is 5.92 Å². The highest BCUT2D eigenvalue weighted by atomic mass is 32.2. The Hall–Kier alpha value is 0.270. The molecule has 2 unspecified atom stereocenters. The number of piperidine rings is 1. The Morgan fingerprint density at radius 3 is 3.07 bits per heavy atom. The molecule has 0 aliphatic carbocycles. The van der Waals surface area contributed by atoms with Gasteiger partial charge in [-0.05, 0) is 50.4 Å². The van der Waals surface area contributed by atoms with Crippen LogP contribution in [0.2, 0.25) is 0 Å². The van der Waals surface area contributed by atoms with Gasteiger partial charge in [0.25, 0.3) is 0 Å². The average molecular weight is 217 g/mol. The molecule has 0 aromatic heterocycles. The van der Waals surface area contributed by atoms with E-state index in [1.807, 2.05) is 11.8 Å². The first kappa shape index (κ1) is 12.3. The number of thioether (sulfide) groups is 1. The van der Waals surface area contributed by atoms with E-state index >= 15 is 0 Å². The Kier molecular flexibility index (Phi) is 6.65. The van der Waals surface area contributed by atoms with Gasteiger partial charge in [0.2, 0.25) is 0 Å². The van der Waals surface area contributed by atoms with Gasteiger partial charge in [-0.1, -0.05) is 6.92 Å². The maximum Gasteiger partial charge on any atom is 0.0441 e. The average Bonchev–Trinajstić information content (AvgIpc) is 2.20. The van der Waals surface area contributed by atoms with Crippen molar-refractivity contribution < 1.29 is 5.11 Å². The highest BCUT2D eigenvalue weighted by Crippen LogP contribution is 2.20. The van der Waals surface area contributed by atoms with Gasteiger partial charge in [0.05, 0.1) is 0 Å². The molecule has 0 bridgehead atoms. The zero-order valence-electron chi connectivity index (χ0n) is 9.17. The first-order valence-corrected chi connectivity index (χ1v) is 6.81. The molecule has 0 aromatic carbocycles. The zero-order valence-corrected chi connectivity index (χ0v) is 9.98. The van der Waals surface area contributed by atoms with Gasteiger partial charge in [-0.3, -0.25) is 0 Å². The number of hydrogen-bond donors (Lipinski definition) is 2. The molecule has 1 fully saturated rings. The van der Waals surface area contributed by atoms with E-state index in [1.54, 1.807) is 0 Å². The lowest BCUT2D eigenvalue weighted by Gasteiger charge is -2.22. The molecule has 0 aromatic rings. The van der Waals surface area contributed by atoms with Crippen molar-refractivity contribution in [3.63, 3.8) is 0 Å². The molecule has 0 saturated carbocycles. The molecule has 0 radical (unpaired) electrons. The van der Waals surface area contributed by atoms with Crippen LogP contribution in [0.4, 0.5) is 0 Å². The van der Waals surface area contributed by atoms with Crippen LogP contribution in [0.3, 0.4) is 0 Å². The SMILES string of the molecule is CC(CCO)SCCC1CCCNC1. The summed E-state index contributed by atoms with van der Waals surface area (Å²) in [6, 6.07) is 0. The quantitative estimate of drug-likeness (QED) is 0.712. The Morgan fingerprint density at radius 1 is 1.57 bits per heavy atom. The van der Waals surface area contributed by atoms with Crippen molar-refractivity contribution in [3.05, 3.63) is 0 Å². The lowest BCUT2D eigenvalue weighted by molar-refractivity contribution is 0.289. The molecule has 2 nitrogen and oxygen atoms in total. The largest absolute Gasteiger partial charge is 0.396 e. The monoisotopic (exact) mass is 217 g/mol. The van der Waals surface area contributed by atoms with E-state index in [1.165, 1.54) is 38.1 Å². The fourth-order valence-corrected chi connectivity index (χ4v) is 3.02. The van der Waals surface area contributed by atoms with Crippen LogP contribution in [-0.4, -0.2) is 35.8 Å². The fraction of sp³-hybridized carbons (Fsp3) is 1.00. The minimum Gasteiger partial charge on any atom is -0.396 e. The lowest BCUT2D eigenvalue weighted by atomic mass is 9.97. The van der Waals surface area contributed by atoms with Crippen LogP contribution in [0, 0.1) is 5.92 Å². The molecule has 84 valence electrons. The third-order valence-electron chi connectivity index (χ3n) is 2.86. The molecule has 1 aliphatic heterocycles. The Bertz CT molecular complexity index is 137. The van der Waals surface area contributed by atoms with Gasteiger partial charge >= 0.3 is 0 Å². The van der Waals surface area contributed by atoms with E-state index in [0.717, 1.165) is 12.3 Å². The molecule has 1 heterocycles. The number of rotatable bonds is 6. The molecule has 0 amide bonds. The highest BCUT2D eigenvalue weighted by molar-refractivity contribution is 7.99. The Labute approximate surface area is 91.9 Å². The number of aliphatic hydroxyl groups excluding tert-OH is 1. The second kappa shape index (κ2) is 7.55. The first-order chi connectivity index (χ1) is 6.83. The second-order valence-electron chi connectivity index (χ2n) is 4.19. The molecule has 1 saturated heterocycles. The summed E-state index contributed by atoms with van der Waals surface area (Å²) < 4.78 is 0. The lowest BCUT2D eigenvalue weighted by Crippen LogP contribution is -2.30. The van der Waals surface area contributed by atoms with Gasteiger partial charge in [-0.25, -0.2) is 0 Å². The van der Waals surface area contributed by atoms with Crippen molar-refractivity contribution in [3.8, 4) is 0 Å². The van der Waals surface area contributed by atoms with E-state index in [9.17, 15) is 0 Å². The maximum atomic E-state index is 8.76. The Morgan fingerprint density at radius 2 is 2.43 bits per heavy atom. The maximum absolute atomic E-state index is 8.76. The first-order valence-electron chi connectivity index (χ1n) is 5.76. The van der Waals surface area contributed by atoms with Gasteiger partial charge in [0.1, 0.15) is 0 Å². The summed E-state index contributed by atoms with van der Waals surface area (Å²) >= 11 is 2.01. The molecule has 1 aliphatic rings. The topological polar surface area (TPSA) is 32.3 Å². The fourth-order valence-electron chi connectivity index (χ4n) is 1.87. The Balaban J connectivity index is 1.96. The number of aliphatic hydroxyl groups is 1. The minimum atomic E-state index is 0.332. The van der Waals surface area contributed by atoms with Crippen molar-refractivity contribution in [2.75, 3.05) is 25.4 Å². The summed E-state index contributed by atoms with van der Waals surface area (Å²) in [5.74, 6) is 2.16. The molecule has 3 heteroatoms. The highest BCUT2D eigenvalue weighted by Gasteiger charge is 2.12. The predicted molar refractivity (Wildman–Crippen MR) is 63.8 cm³/mol. The summed E-state index contributed by atoms with van der Waals surface area (Å²) in [4.78, 5) is 0. The zero-order chi connectivity index (χ0) is 10.2. The van der Waals surface area contributed by atoms with Crippen LogP contribution in [-0.2, 0) is 0 Å². The summed E-state index contributed by atoms with van der Waals surface area (Å²) in [5.41, 5.74) is 0. The van der Waals surface area contributed by atoms with Gasteiger partial charge in [-0.15, -0.1) is 0 Å². The van der Waals surface area contributed by atoms with Crippen molar-refractivity contribution >= 4 is 11.8 Å². The third kappa shape index (κ3) is 5.23. The minimum absolute atomic E-state index is 0.332. The van der Waals surface area contributed by atoms with Crippen LogP contribution in [0.25, 0.3) is 0 Å². The molecular formula is C11H23NOS. The summed E-state index contributed by atoms with van der Waals surface area (Å²) in [5, 5.41) is 12.8. The number of nitrogens with one attached hydrogen (secondary N) is 1. The summed E-state index contributed by atoms with van der Waals surface area (Å²) in [7, 11) is 0. The molecule has 2 N–H and O–H groups in total. The third-order valence-corrected chi connectivity index (χ3v) is 4.14. The molecular weight excluding hydrogens is 194 g/mol. The van der Waals surface area contributed by atoms with Gasteiger partial charge in [0, 0.05) is 11.9 Å². The van der Waals surface area contributed by atoms with Crippen molar-refractivity contribution in [2.45, 2.75) is 37.9 Å². The standard InChI is InChI=1S/C11H23NOS/c1-10(4-7-13)14-8-5-11-3-2-6-12-9-11/h10-13H,2-9H2,1H3.